The van der Waals surface area contributed by atoms with Gasteiger partial charge in [0.2, 0.25) is 0 Å². The Morgan fingerprint density at radius 1 is 1.40 bits per heavy atom. The third-order valence-corrected chi connectivity index (χ3v) is 3.98. The summed E-state index contributed by atoms with van der Waals surface area (Å²) in [5.74, 6) is 0.677. The minimum absolute atomic E-state index is 0.147. The van der Waals surface area contributed by atoms with E-state index in [1.165, 1.54) is 13.5 Å². The summed E-state index contributed by atoms with van der Waals surface area (Å²) in [6, 6.07) is 0.384. The van der Waals surface area contributed by atoms with Crippen molar-refractivity contribution in [1.29, 1.82) is 0 Å². The topological polar surface area (TPSA) is 72.0 Å². The van der Waals surface area contributed by atoms with Gasteiger partial charge in [-0.3, -0.25) is 9.79 Å². The van der Waals surface area contributed by atoms with Gasteiger partial charge in [-0.2, -0.15) is 0 Å². The van der Waals surface area contributed by atoms with Crippen LogP contribution in [0.25, 0.3) is 0 Å². The summed E-state index contributed by atoms with van der Waals surface area (Å²) >= 11 is 0. The molecule has 0 radical (unpaired) electrons. The number of methoxy groups -OCH3 is 1. The van der Waals surface area contributed by atoms with Crippen LogP contribution in [0.15, 0.2) is 4.99 Å². The molecule has 2 aliphatic rings. The number of nitrogens with zero attached hydrogens (tertiary/aromatic N) is 1. The summed E-state index contributed by atoms with van der Waals surface area (Å²) < 4.78 is 10.4. The Kier molecular flexibility index (Phi) is 5.64. The number of rotatable bonds is 6. The van der Waals surface area contributed by atoms with E-state index in [1.807, 2.05) is 0 Å². The third-order valence-electron chi connectivity index (χ3n) is 3.98. The van der Waals surface area contributed by atoms with Crippen LogP contribution in [0.1, 0.15) is 38.5 Å². The van der Waals surface area contributed by atoms with Crippen LogP contribution in [0.4, 0.5) is 0 Å². The summed E-state index contributed by atoms with van der Waals surface area (Å²) in [6.07, 6.45) is 6.43. The summed E-state index contributed by atoms with van der Waals surface area (Å²) in [4.78, 5) is 15.2. The summed E-state index contributed by atoms with van der Waals surface area (Å²) in [6.45, 7) is 0.804. The standard InChI is InChI=1S/C14H25N3O3/c1-15-14(16-8-4-3-5-13(18)19-2)17-11-9-10-6-7-12(11)20-10/h10-12H,3-9H2,1-2H3,(H2,15,16,17). The minimum Gasteiger partial charge on any atom is -0.469 e. The maximum absolute atomic E-state index is 11.0. The fraction of sp³-hybridized carbons (Fsp3) is 0.857. The van der Waals surface area contributed by atoms with Crippen molar-refractivity contribution in [2.45, 2.75) is 56.8 Å². The molecule has 2 saturated heterocycles. The molecule has 2 aliphatic heterocycles. The van der Waals surface area contributed by atoms with Crippen LogP contribution < -0.4 is 10.6 Å². The van der Waals surface area contributed by atoms with Crippen LogP contribution in [-0.4, -0.2) is 50.9 Å². The highest BCUT2D eigenvalue weighted by atomic mass is 16.5. The molecule has 3 atom stereocenters. The highest BCUT2D eigenvalue weighted by molar-refractivity contribution is 5.80. The zero-order valence-electron chi connectivity index (χ0n) is 12.4. The number of carbonyl (C=O) groups excluding carboxylic acids is 1. The molecule has 3 unspecified atom stereocenters. The molecule has 0 aliphatic carbocycles. The second kappa shape index (κ2) is 7.47. The average molecular weight is 283 g/mol. The van der Waals surface area contributed by atoms with Gasteiger partial charge in [0.05, 0.1) is 25.4 Å². The zero-order valence-corrected chi connectivity index (χ0v) is 12.4. The Bertz CT molecular complexity index is 360. The van der Waals surface area contributed by atoms with Crippen LogP contribution >= 0.6 is 0 Å². The van der Waals surface area contributed by atoms with E-state index in [9.17, 15) is 4.79 Å². The van der Waals surface area contributed by atoms with Crippen LogP contribution in [-0.2, 0) is 14.3 Å². The second-order valence-corrected chi connectivity index (χ2v) is 5.39. The van der Waals surface area contributed by atoms with Crippen molar-refractivity contribution in [1.82, 2.24) is 10.6 Å². The molecule has 2 fully saturated rings. The Hall–Kier alpha value is -1.30. The maximum Gasteiger partial charge on any atom is 0.305 e. The van der Waals surface area contributed by atoms with Gasteiger partial charge in [-0.1, -0.05) is 0 Å². The van der Waals surface area contributed by atoms with Gasteiger partial charge in [-0.05, 0) is 32.1 Å². The van der Waals surface area contributed by atoms with Crippen molar-refractivity contribution in [2.24, 2.45) is 4.99 Å². The summed E-state index contributed by atoms with van der Waals surface area (Å²) in [5.41, 5.74) is 0. The number of carbonyl (C=O) groups is 1. The molecule has 2 bridgehead atoms. The van der Waals surface area contributed by atoms with Crippen LogP contribution in [0.5, 0.6) is 0 Å². The van der Waals surface area contributed by atoms with Crippen LogP contribution in [0.3, 0.4) is 0 Å². The monoisotopic (exact) mass is 283 g/mol. The lowest BCUT2D eigenvalue weighted by molar-refractivity contribution is -0.140. The average Bonchev–Trinajstić information content (AvgIpc) is 3.07. The molecular weight excluding hydrogens is 258 g/mol. The number of esters is 1. The normalized spacial score (nSPS) is 28.5. The molecule has 6 heteroatoms. The van der Waals surface area contributed by atoms with E-state index in [-0.39, 0.29) is 5.97 Å². The molecule has 0 aromatic carbocycles. The zero-order chi connectivity index (χ0) is 14.4. The second-order valence-electron chi connectivity index (χ2n) is 5.39. The first kappa shape index (κ1) is 15.1. The number of nitrogens with one attached hydrogen (secondary N) is 2. The third kappa shape index (κ3) is 4.10. The summed E-state index contributed by atoms with van der Waals surface area (Å²) in [5, 5.41) is 6.71. The fourth-order valence-corrected chi connectivity index (χ4v) is 2.86. The van der Waals surface area contributed by atoms with Gasteiger partial charge < -0.3 is 20.1 Å². The lowest BCUT2D eigenvalue weighted by atomic mass is 9.96. The number of hydrogen-bond acceptors (Lipinski definition) is 4. The first-order valence-electron chi connectivity index (χ1n) is 7.42. The van der Waals surface area contributed by atoms with Crippen molar-refractivity contribution in [2.75, 3.05) is 20.7 Å². The number of unbranched alkanes of at least 4 members (excludes halogenated alkanes) is 1. The SMILES string of the molecule is CN=C(NCCCCC(=O)OC)NC1CC2CCC1O2. The van der Waals surface area contributed by atoms with Crippen molar-refractivity contribution >= 4 is 11.9 Å². The molecular formula is C14H25N3O3. The predicted molar refractivity (Wildman–Crippen MR) is 76.7 cm³/mol. The number of ether oxygens (including phenoxy) is 2. The molecule has 0 aromatic rings. The van der Waals surface area contributed by atoms with E-state index in [0.29, 0.717) is 24.7 Å². The molecule has 2 rings (SSSR count). The van der Waals surface area contributed by atoms with Crippen LogP contribution in [0, 0.1) is 0 Å². The molecule has 0 saturated carbocycles. The summed E-state index contributed by atoms with van der Waals surface area (Å²) in [7, 11) is 3.20. The molecule has 20 heavy (non-hydrogen) atoms. The number of hydrogen-bond donors (Lipinski definition) is 2. The largest absolute Gasteiger partial charge is 0.469 e. The van der Waals surface area contributed by atoms with Gasteiger partial charge in [0, 0.05) is 20.0 Å². The van der Waals surface area contributed by atoms with Gasteiger partial charge in [-0.25, -0.2) is 0 Å². The highest BCUT2D eigenvalue weighted by Gasteiger charge is 2.40. The van der Waals surface area contributed by atoms with Gasteiger partial charge in [0.15, 0.2) is 5.96 Å². The Labute approximate surface area is 120 Å². The molecule has 0 amide bonds. The van der Waals surface area contributed by atoms with E-state index < -0.39 is 0 Å². The smallest absolute Gasteiger partial charge is 0.305 e. The molecule has 0 spiro atoms. The Morgan fingerprint density at radius 3 is 2.85 bits per heavy atom. The van der Waals surface area contributed by atoms with Crippen molar-refractivity contribution < 1.29 is 14.3 Å². The van der Waals surface area contributed by atoms with Gasteiger partial charge >= 0.3 is 5.97 Å². The van der Waals surface area contributed by atoms with E-state index in [1.54, 1.807) is 7.05 Å². The fourth-order valence-electron chi connectivity index (χ4n) is 2.86. The van der Waals surface area contributed by atoms with Gasteiger partial charge in [0.25, 0.3) is 0 Å². The minimum atomic E-state index is -0.147. The van der Waals surface area contributed by atoms with E-state index >= 15 is 0 Å². The lowest BCUT2D eigenvalue weighted by Gasteiger charge is -2.22. The van der Waals surface area contributed by atoms with Crippen LogP contribution in [0.2, 0.25) is 0 Å². The van der Waals surface area contributed by atoms with Crippen molar-refractivity contribution in [3.05, 3.63) is 0 Å². The highest BCUT2D eigenvalue weighted by Crippen LogP contribution is 2.34. The van der Waals surface area contributed by atoms with Gasteiger partial charge in [-0.15, -0.1) is 0 Å². The number of guanidine groups is 1. The molecule has 2 N–H and O–H groups in total. The Balaban J connectivity index is 1.60. The molecule has 0 aromatic heterocycles. The lowest BCUT2D eigenvalue weighted by Crippen LogP contribution is -2.47. The van der Waals surface area contributed by atoms with Crippen molar-refractivity contribution in [3.63, 3.8) is 0 Å². The van der Waals surface area contributed by atoms with E-state index in [2.05, 4.69) is 20.4 Å². The molecule has 2 heterocycles. The first-order chi connectivity index (χ1) is 9.72. The predicted octanol–water partition coefficient (Wildman–Crippen LogP) is 0.815. The van der Waals surface area contributed by atoms with Gasteiger partial charge in [0.1, 0.15) is 0 Å². The Morgan fingerprint density at radius 2 is 2.25 bits per heavy atom. The quantitative estimate of drug-likeness (QED) is 0.327. The van der Waals surface area contributed by atoms with Crippen molar-refractivity contribution in [3.8, 4) is 0 Å². The first-order valence-corrected chi connectivity index (χ1v) is 7.42. The molecule has 6 nitrogen and oxygen atoms in total. The number of fused-ring (bicyclic) bond motifs is 2. The molecule has 114 valence electrons. The van der Waals surface area contributed by atoms with E-state index in [4.69, 9.17) is 4.74 Å². The van der Waals surface area contributed by atoms with E-state index in [0.717, 1.165) is 38.2 Å². The number of aliphatic imine (C=N–C) groups is 1. The maximum atomic E-state index is 11.0.